The summed E-state index contributed by atoms with van der Waals surface area (Å²) in [7, 11) is 1.66. The zero-order valence-electron chi connectivity index (χ0n) is 17.2. The van der Waals surface area contributed by atoms with Gasteiger partial charge in [0.2, 0.25) is 0 Å². The van der Waals surface area contributed by atoms with Crippen molar-refractivity contribution in [2.45, 2.75) is 6.82 Å². The first-order chi connectivity index (χ1) is 15.2. The van der Waals surface area contributed by atoms with Gasteiger partial charge in [-0.3, -0.25) is 0 Å². The Labute approximate surface area is 192 Å². The zero-order chi connectivity index (χ0) is 21.5. The summed E-state index contributed by atoms with van der Waals surface area (Å²) in [5, 5.41) is 1.79. The largest absolute Gasteiger partial charge is 0.340 e. The summed E-state index contributed by atoms with van der Waals surface area (Å²) in [6.45, 7) is 1.86. The van der Waals surface area contributed by atoms with Crippen molar-refractivity contribution in [2.75, 3.05) is 5.06 Å². The van der Waals surface area contributed by atoms with Crippen LogP contribution in [-0.4, -0.2) is 13.2 Å². The fraction of sp³-hybridized carbons (Fsp3) is 0.0385. The molecule has 0 spiro atoms. The molecule has 0 saturated carbocycles. The normalized spacial score (nSPS) is 10.4. The van der Waals surface area contributed by atoms with Gasteiger partial charge in [0.25, 0.3) is 0 Å². The lowest BCUT2D eigenvalue weighted by molar-refractivity contribution is 0.346. The minimum Gasteiger partial charge on any atom is -0.340 e. The molecule has 0 aliphatic rings. The van der Waals surface area contributed by atoms with Crippen LogP contribution in [0.25, 0.3) is 0 Å². The van der Waals surface area contributed by atoms with Gasteiger partial charge < -0.3 is 4.76 Å². The van der Waals surface area contributed by atoms with Gasteiger partial charge in [0.05, 0.1) is 22.8 Å². The first-order valence-corrected chi connectivity index (χ1v) is 10.8. The molecule has 0 fully saturated rings. The molecule has 151 valence electrons. The smallest absolute Gasteiger partial charge is 0.331 e. The summed E-state index contributed by atoms with van der Waals surface area (Å²) < 4.78 is 6.79. The number of hydrogen-bond acceptors (Lipinski definition) is 3. The molecule has 4 aromatic carbocycles. The summed E-state index contributed by atoms with van der Waals surface area (Å²) in [5.74, 6) is 0. The van der Waals surface area contributed by atoms with Crippen molar-refractivity contribution in [3.63, 3.8) is 0 Å². The molecule has 0 atom stereocenters. The molecule has 0 aliphatic heterocycles. The molecule has 4 rings (SSSR count). The molecule has 0 aromatic heterocycles. The Kier molecular flexibility index (Phi) is 6.98. The average molecular weight is 468 g/mol. The molecule has 1 radical (unpaired) electrons. The van der Waals surface area contributed by atoms with Gasteiger partial charge in [-0.25, -0.2) is 10.1 Å². The Morgan fingerprint density at radius 1 is 0.710 bits per heavy atom. The fourth-order valence-corrected chi connectivity index (χ4v) is 3.50. The number of anilines is 2. The van der Waals surface area contributed by atoms with Crippen LogP contribution in [0.15, 0.2) is 119 Å². The lowest BCUT2D eigenvalue weighted by Gasteiger charge is -2.24. The van der Waals surface area contributed by atoms with Crippen molar-refractivity contribution in [1.82, 2.24) is 0 Å². The van der Waals surface area contributed by atoms with Crippen molar-refractivity contribution >= 4 is 46.2 Å². The van der Waals surface area contributed by atoms with E-state index in [-0.39, 0.29) is 0 Å². The first kappa shape index (κ1) is 21.1. The fourth-order valence-electron chi connectivity index (χ4n) is 3.23. The second-order valence-corrected chi connectivity index (χ2v) is 7.74. The Balaban J connectivity index is 1.68. The highest BCUT2D eigenvalue weighted by Crippen LogP contribution is 2.29. The number of halogens is 1. The maximum Gasteiger partial charge on any atom is 0.331 e. The maximum atomic E-state index is 5.77. The van der Waals surface area contributed by atoms with Gasteiger partial charge in [-0.05, 0) is 48.5 Å². The molecular weight excluding hydrogens is 447 g/mol. The van der Waals surface area contributed by atoms with Crippen LogP contribution in [0.1, 0.15) is 11.1 Å². The second-order valence-electron chi connectivity index (χ2n) is 6.82. The third-order valence-electron chi connectivity index (χ3n) is 4.69. The molecule has 0 bridgehead atoms. The summed E-state index contributed by atoms with van der Waals surface area (Å²) >= 11 is 3.48. The highest BCUT2D eigenvalue weighted by Gasteiger charge is 2.11. The highest BCUT2D eigenvalue weighted by molar-refractivity contribution is 9.10. The summed E-state index contributed by atoms with van der Waals surface area (Å²) in [6, 6.07) is 36.5. The van der Waals surface area contributed by atoms with E-state index in [1.807, 2.05) is 91.8 Å². The third kappa shape index (κ3) is 5.32. The SMILES string of the molecule is C[B]ON(c1ccc(Br)cc1)c1ccc(N=C(c2ccccc2)c2ccccc2)cc1. The Morgan fingerprint density at radius 2 is 1.19 bits per heavy atom. The van der Waals surface area contributed by atoms with E-state index in [9.17, 15) is 0 Å². The third-order valence-corrected chi connectivity index (χ3v) is 5.22. The molecule has 5 heteroatoms. The monoisotopic (exact) mass is 467 g/mol. The van der Waals surface area contributed by atoms with E-state index in [4.69, 9.17) is 9.75 Å². The van der Waals surface area contributed by atoms with Gasteiger partial charge in [0.1, 0.15) is 0 Å². The number of benzene rings is 4. The summed E-state index contributed by atoms with van der Waals surface area (Å²) in [4.78, 5) is 4.97. The standard InChI is InChI=1S/C26H21BBrN2O/c1-27-31-30(24-16-12-22(28)13-17-24)25-18-14-23(15-19-25)29-26(20-8-4-2-5-9-20)21-10-6-3-7-11-21/h2-19H,1H3. The van der Waals surface area contributed by atoms with Crippen LogP contribution in [0, 0.1) is 0 Å². The molecule has 0 aliphatic carbocycles. The van der Waals surface area contributed by atoms with Gasteiger partial charge in [0, 0.05) is 15.6 Å². The minimum absolute atomic E-state index is 0.877. The molecule has 0 N–H and O–H groups in total. The van der Waals surface area contributed by atoms with Crippen LogP contribution in [-0.2, 0) is 4.76 Å². The van der Waals surface area contributed by atoms with Crippen LogP contribution in [0.5, 0.6) is 0 Å². The molecule has 0 unspecified atom stereocenters. The molecule has 4 aromatic rings. The van der Waals surface area contributed by atoms with Gasteiger partial charge in [-0.1, -0.05) is 83.4 Å². The average Bonchev–Trinajstić information content (AvgIpc) is 2.83. The maximum absolute atomic E-state index is 5.77. The minimum atomic E-state index is 0.877. The van der Waals surface area contributed by atoms with Gasteiger partial charge in [0.15, 0.2) is 0 Å². The van der Waals surface area contributed by atoms with Crippen LogP contribution >= 0.6 is 15.9 Å². The van der Waals surface area contributed by atoms with Crippen LogP contribution in [0.4, 0.5) is 17.1 Å². The molecular formula is C26H21BBrN2O. The van der Waals surface area contributed by atoms with E-state index in [2.05, 4.69) is 40.2 Å². The van der Waals surface area contributed by atoms with Crippen molar-refractivity contribution in [3.8, 4) is 0 Å². The van der Waals surface area contributed by atoms with Crippen LogP contribution in [0.2, 0.25) is 6.82 Å². The molecule has 0 heterocycles. The molecule has 0 saturated heterocycles. The lowest BCUT2D eigenvalue weighted by Crippen LogP contribution is -2.18. The van der Waals surface area contributed by atoms with Crippen LogP contribution < -0.4 is 5.06 Å². The molecule has 31 heavy (non-hydrogen) atoms. The number of hydrogen-bond donors (Lipinski definition) is 0. The zero-order valence-corrected chi connectivity index (χ0v) is 18.7. The van der Waals surface area contributed by atoms with Crippen molar-refractivity contribution in [2.24, 2.45) is 4.99 Å². The van der Waals surface area contributed by atoms with E-state index in [0.29, 0.717) is 0 Å². The first-order valence-electron chi connectivity index (χ1n) is 10.0. The molecule has 3 nitrogen and oxygen atoms in total. The lowest BCUT2D eigenvalue weighted by atomic mass is 10.0. The van der Waals surface area contributed by atoms with Crippen LogP contribution in [0.3, 0.4) is 0 Å². The number of rotatable bonds is 7. The van der Waals surface area contributed by atoms with Gasteiger partial charge >= 0.3 is 7.48 Å². The van der Waals surface area contributed by atoms with E-state index in [1.54, 1.807) is 12.5 Å². The quantitative estimate of drug-likeness (QED) is 0.161. The topological polar surface area (TPSA) is 24.8 Å². The van der Waals surface area contributed by atoms with Gasteiger partial charge in [-0.15, -0.1) is 0 Å². The van der Waals surface area contributed by atoms with E-state index in [1.165, 1.54) is 0 Å². The number of nitrogens with zero attached hydrogens (tertiary/aromatic N) is 2. The van der Waals surface area contributed by atoms with E-state index < -0.39 is 0 Å². The van der Waals surface area contributed by atoms with E-state index in [0.717, 1.165) is 38.4 Å². The second kappa shape index (κ2) is 10.2. The number of aliphatic imine (C=N–C) groups is 1. The predicted molar refractivity (Wildman–Crippen MR) is 134 cm³/mol. The Hall–Kier alpha value is -3.15. The Morgan fingerprint density at radius 3 is 1.68 bits per heavy atom. The molecule has 0 amide bonds. The summed E-state index contributed by atoms with van der Waals surface area (Å²) in [6.07, 6.45) is 0. The summed E-state index contributed by atoms with van der Waals surface area (Å²) in [5.41, 5.74) is 5.84. The van der Waals surface area contributed by atoms with Gasteiger partial charge in [-0.2, -0.15) is 0 Å². The van der Waals surface area contributed by atoms with Crippen molar-refractivity contribution in [3.05, 3.63) is 125 Å². The van der Waals surface area contributed by atoms with Crippen molar-refractivity contribution < 1.29 is 4.76 Å². The van der Waals surface area contributed by atoms with E-state index >= 15 is 0 Å². The predicted octanol–water partition coefficient (Wildman–Crippen LogP) is 7.36. The van der Waals surface area contributed by atoms with Crippen molar-refractivity contribution in [1.29, 1.82) is 0 Å². The highest BCUT2D eigenvalue weighted by atomic mass is 79.9. The Bertz CT molecular complexity index is 1090.